The fourth-order valence-electron chi connectivity index (χ4n) is 2.67. The summed E-state index contributed by atoms with van der Waals surface area (Å²) in [6.07, 6.45) is -3.26. The number of hydrogen-bond acceptors (Lipinski definition) is 5. The standard InChI is InChI=1S/C14H12F4N4O3/c15-8-3-7-5-22(20-11(7)10(4-8)12(19)23)9-1-2-21(6-9)25-13(24)14(16,17)18/h3-5,9H,1-2,6H2,(H2,19,23). The highest BCUT2D eigenvalue weighted by molar-refractivity contribution is 6.04. The molecule has 1 aromatic carbocycles. The number of carbonyl (C=O) groups excluding carboxylic acids is 2. The molecule has 0 saturated carbocycles. The third-order valence-corrected chi connectivity index (χ3v) is 3.80. The van der Waals surface area contributed by atoms with Gasteiger partial charge >= 0.3 is 12.1 Å². The summed E-state index contributed by atoms with van der Waals surface area (Å²) in [7, 11) is 0. The highest BCUT2D eigenvalue weighted by Crippen LogP contribution is 2.27. The summed E-state index contributed by atoms with van der Waals surface area (Å²) in [5, 5.41) is 5.40. The van der Waals surface area contributed by atoms with Gasteiger partial charge in [0.05, 0.1) is 18.2 Å². The minimum absolute atomic E-state index is 0.0236. The van der Waals surface area contributed by atoms with Gasteiger partial charge in [-0.05, 0) is 18.6 Å². The summed E-state index contributed by atoms with van der Waals surface area (Å²) in [4.78, 5) is 26.5. The first-order valence-corrected chi connectivity index (χ1v) is 7.17. The monoisotopic (exact) mass is 360 g/mol. The van der Waals surface area contributed by atoms with Crippen molar-refractivity contribution in [2.75, 3.05) is 13.1 Å². The van der Waals surface area contributed by atoms with E-state index in [9.17, 15) is 27.2 Å². The predicted molar refractivity (Wildman–Crippen MR) is 75.6 cm³/mol. The lowest BCUT2D eigenvalue weighted by Crippen LogP contribution is -2.33. The molecule has 1 aliphatic heterocycles. The number of rotatable bonds is 3. The molecule has 0 aliphatic carbocycles. The number of carbonyl (C=O) groups is 2. The molecule has 25 heavy (non-hydrogen) atoms. The SMILES string of the molecule is NC(=O)c1cc(F)cc2cn(C3CCN(OC(=O)C(F)(F)F)C3)nc12. The van der Waals surface area contributed by atoms with Crippen molar-refractivity contribution < 1.29 is 32.0 Å². The molecule has 2 heterocycles. The zero-order valence-electron chi connectivity index (χ0n) is 12.6. The van der Waals surface area contributed by atoms with Crippen LogP contribution in [0.4, 0.5) is 17.6 Å². The van der Waals surface area contributed by atoms with E-state index in [1.165, 1.54) is 16.9 Å². The Kier molecular flexibility index (Phi) is 4.11. The van der Waals surface area contributed by atoms with Gasteiger partial charge in [-0.1, -0.05) is 0 Å². The number of primary amides is 1. The summed E-state index contributed by atoms with van der Waals surface area (Å²) >= 11 is 0. The Bertz CT molecular complexity index is 848. The van der Waals surface area contributed by atoms with Gasteiger partial charge in [0.2, 0.25) is 0 Å². The van der Waals surface area contributed by atoms with Crippen molar-refractivity contribution in [3.8, 4) is 0 Å². The maximum Gasteiger partial charge on any atom is 0.492 e. The highest BCUT2D eigenvalue weighted by Gasteiger charge is 2.43. The van der Waals surface area contributed by atoms with Gasteiger partial charge in [-0.25, -0.2) is 9.18 Å². The molecule has 7 nitrogen and oxygen atoms in total. The van der Waals surface area contributed by atoms with Crippen LogP contribution in [0.25, 0.3) is 10.9 Å². The van der Waals surface area contributed by atoms with E-state index in [0.29, 0.717) is 11.8 Å². The van der Waals surface area contributed by atoms with E-state index < -0.39 is 29.9 Å². The Morgan fingerprint density at radius 2 is 2.04 bits per heavy atom. The van der Waals surface area contributed by atoms with Gasteiger partial charge in [0.25, 0.3) is 5.91 Å². The Morgan fingerprint density at radius 1 is 1.32 bits per heavy atom. The Balaban J connectivity index is 1.81. The molecule has 1 saturated heterocycles. The van der Waals surface area contributed by atoms with Crippen LogP contribution in [-0.4, -0.2) is 46.0 Å². The first kappa shape index (κ1) is 17.1. The van der Waals surface area contributed by atoms with Gasteiger partial charge in [-0.3, -0.25) is 9.48 Å². The van der Waals surface area contributed by atoms with E-state index in [2.05, 4.69) is 9.94 Å². The van der Waals surface area contributed by atoms with Crippen molar-refractivity contribution in [3.05, 3.63) is 29.7 Å². The van der Waals surface area contributed by atoms with E-state index in [-0.39, 0.29) is 24.2 Å². The minimum Gasteiger partial charge on any atom is -0.366 e. The van der Waals surface area contributed by atoms with Crippen molar-refractivity contribution in [3.63, 3.8) is 0 Å². The number of nitrogens with two attached hydrogens (primary N) is 1. The topological polar surface area (TPSA) is 90.5 Å². The normalized spacial score (nSPS) is 18.6. The second kappa shape index (κ2) is 5.99. The van der Waals surface area contributed by atoms with E-state index >= 15 is 0 Å². The van der Waals surface area contributed by atoms with Gasteiger partial charge in [0.1, 0.15) is 11.3 Å². The molecule has 1 amide bonds. The van der Waals surface area contributed by atoms with E-state index in [4.69, 9.17) is 5.73 Å². The Labute approximate surface area is 137 Å². The quantitative estimate of drug-likeness (QED) is 0.839. The molecule has 0 spiro atoms. The van der Waals surface area contributed by atoms with Gasteiger partial charge in [0, 0.05) is 18.1 Å². The molecule has 0 radical (unpaired) electrons. The second-order valence-corrected chi connectivity index (χ2v) is 5.57. The number of fused-ring (bicyclic) bond motifs is 1. The maximum absolute atomic E-state index is 13.5. The zero-order chi connectivity index (χ0) is 18.4. The molecule has 1 aliphatic rings. The van der Waals surface area contributed by atoms with Crippen LogP contribution in [0, 0.1) is 5.82 Å². The number of hydroxylamine groups is 2. The molecule has 2 aromatic rings. The van der Waals surface area contributed by atoms with Crippen molar-refractivity contribution in [1.29, 1.82) is 0 Å². The Hall–Kier alpha value is -2.69. The highest BCUT2D eigenvalue weighted by atomic mass is 19.4. The average molecular weight is 360 g/mol. The van der Waals surface area contributed by atoms with Crippen molar-refractivity contribution >= 4 is 22.8 Å². The lowest BCUT2D eigenvalue weighted by molar-refractivity contribution is -0.235. The Morgan fingerprint density at radius 3 is 2.68 bits per heavy atom. The molecule has 11 heteroatoms. The molecule has 134 valence electrons. The van der Waals surface area contributed by atoms with Gasteiger partial charge in [0.15, 0.2) is 0 Å². The van der Waals surface area contributed by atoms with Crippen LogP contribution >= 0.6 is 0 Å². The lowest BCUT2D eigenvalue weighted by atomic mass is 10.1. The summed E-state index contributed by atoms with van der Waals surface area (Å²) in [5.41, 5.74) is 5.31. The summed E-state index contributed by atoms with van der Waals surface area (Å²) in [5.74, 6) is -3.80. The lowest BCUT2D eigenvalue weighted by Gasteiger charge is -2.16. The average Bonchev–Trinajstić information content (AvgIpc) is 3.11. The first-order valence-electron chi connectivity index (χ1n) is 7.17. The van der Waals surface area contributed by atoms with Gasteiger partial charge < -0.3 is 10.6 Å². The summed E-state index contributed by atoms with van der Waals surface area (Å²) in [6, 6.07) is 1.73. The van der Waals surface area contributed by atoms with Gasteiger partial charge in [-0.2, -0.15) is 18.3 Å². The minimum atomic E-state index is -5.08. The third kappa shape index (κ3) is 3.40. The number of aromatic nitrogens is 2. The number of hydrogen-bond donors (Lipinski definition) is 1. The number of nitrogens with zero attached hydrogens (tertiary/aromatic N) is 3. The van der Waals surface area contributed by atoms with Crippen LogP contribution < -0.4 is 5.73 Å². The molecule has 2 N–H and O–H groups in total. The fourth-order valence-corrected chi connectivity index (χ4v) is 2.67. The van der Waals surface area contributed by atoms with Crippen molar-refractivity contribution in [2.45, 2.75) is 18.6 Å². The number of benzene rings is 1. The van der Waals surface area contributed by atoms with Gasteiger partial charge in [-0.15, -0.1) is 5.06 Å². The van der Waals surface area contributed by atoms with E-state index in [0.717, 1.165) is 11.1 Å². The predicted octanol–water partition coefficient (Wildman–Crippen LogP) is 1.54. The van der Waals surface area contributed by atoms with E-state index in [1.54, 1.807) is 0 Å². The number of amides is 1. The van der Waals surface area contributed by atoms with Crippen LogP contribution in [0.3, 0.4) is 0 Å². The van der Waals surface area contributed by atoms with Crippen LogP contribution in [0.2, 0.25) is 0 Å². The van der Waals surface area contributed by atoms with Crippen LogP contribution in [0.15, 0.2) is 18.3 Å². The summed E-state index contributed by atoms with van der Waals surface area (Å²) in [6.45, 7) is 0.0594. The largest absolute Gasteiger partial charge is 0.492 e. The number of halogens is 4. The molecule has 1 unspecified atom stereocenters. The van der Waals surface area contributed by atoms with Crippen LogP contribution in [0.5, 0.6) is 0 Å². The molecular formula is C14H12F4N4O3. The van der Waals surface area contributed by atoms with Crippen LogP contribution in [0.1, 0.15) is 22.8 Å². The van der Waals surface area contributed by atoms with Crippen molar-refractivity contribution in [1.82, 2.24) is 14.8 Å². The molecule has 1 aromatic heterocycles. The maximum atomic E-state index is 13.5. The zero-order valence-corrected chi connectivity index (χ0v) is 12.6. The molecule has 0 bridgehead atoms. The molecular weight excluding hydrogens is 348 g/mol. The molecule has 3 rings (SSSR count). The smallest absolute Gasteiger partial charge is 0.366 e. The first-order chi connectivity index (χ1) is 11.6. The molecule has 1 fully saturated rings. The fraction of sp³-hybridized carbons (Fsp3) is 0.357. The second-order valence-electron chi connectivity index (χ2n) is 5.57. The van der Waals surface area contributed by atoms with E-state index in [1.807, 2.05) is 0 Å². The van der Waals surface area contributed by atoms with Crippen molar-refractivity contribution in [2.24, 2.45) is 5.73 Å². The number of alkyl halides is 3. The molecule has 1 atom stereocenters. The summed E-state index contributed by atoms with van der Waals surface area (Å²) < 4.78 is 51.6. The third-order valence-electron chi connectivity index (χ3n) is 3.80. The van der Waals surface area contributed by atoms with Crippen LogP contribution in [-0.2, 0) is 9.63 Å².